The van der Waals surface area contributed by atoms with Crippen molar-refractivity contribution in [1.82, 2.24) is 0 Å². The van der Waals surface area contributed by atoms with E-state index in [4.69, 9.17) is 0 Å². The molecule has 110 valence electrons. The first kappa shape index (κ1) is 15.1. The molecule has 1 fully saturated rings. The molecule has 0 spiro atoms. The van der Waals surface area contributed by atoms with E-state index >= 15 is 0 Å². The summed E-state index contributed by atoms with van der Waals surface area (Å²) < 4.78 is 52.1. The molecule has 20 heavy (non-hydrogen) atoms. The first-order chi connectivity index (χ1) is 9.45. The fourth-order valence-electron chi connectivity index (χ4n) is 2.72. The maximum Gasteiger partial charge on any atom is 0.412 e. The van der Waals surface area contributed by atoms with Crippen molar-refractivity contribution in [3.63, 3.8) is 0 Å². The fraction of sp³-hybridized carbons (Fsp3) is 0.500. The summed E-state index contributed by atoms with van der Waals surface area (Å²) in [6.07, 6.45) is 1.81. The molecule has 1 aromatic rings. The van der Waals surface area contributed by atoms with Gasteiger partial charge in [0.05, 0.1) is 0 Å². The molecule has 1 aliphatic rings. The first-order valence-corrected chi connectivity index (χ1v) is 6.98. The molecule has 0 saturated heterocycles. The van der Waals surface area contributed by atoms with Crippen LogP contribution in [0.25, 0.3) is 6.08 Å². The first-order valence-electron chi connectivity index (χ1n) is 6.98. The molecule has 0 N–H and O–H groups in total. The Morgan fingerprint density at radius 3 is 2.20 bits per heavy atom. The summed E-state index contributed by atoms with van der Waals surface area (Å²) in [5, 5.41) is 0. The Morgan fingerprint density at radius 1 is 1.05 bits per heavy atom. The smallest absolute Gasteiger partial charge is 0.207 e. The Hall–Kier alpha value is -1.32. The van der Waals surface area contributed by atoms with Gasteiger partial charge in [0.2, 0.25) is 0 Å². The van der Waals surface area contributed by atoms with Crippen LogP contribution in [0.4, 0.5) is 17.6 Å². The number of halogens is 4. The quantitative estimate of drug-likeness (QED) is 0.621. The lowest BCUT2D eigenvalue weighted by Gasteiger charge is -2.23. The lowest BCUT2D eigenvalue weighted by Crippen LogP contribution is -2.17. The highest BCUT2D eigenvalue weighted by atomic mass is 19.4. The van der Waals surface area contributed by atoms with Gasteiger partial charge < -0.3 is 0 Å². The van der Waals surface area contributed by atoms with Crippen LogP contribution >= 0.6 is 0 Å². The van der Waals surface area contributed by atoms with Gasteiger partial charge in [-0.2, -0.15) is 13.2 Å². The standard InChI is InChI=1S/C16H18F4/c17-15-8-6-13(7-9-15)11-14(16(18,19)20)10-12-4-2-1-3-5-12/h6-9,11-12H,1-5,10H2. The van der Waals surface area contributed by atoms with Gasteiger partial charge >= 0.3 is 6.18 Å². The summed E-state index contributed by atoms with van der Waals surface area (Å²) in [4.78, 5) is 0. The zero-order valence-corrected chi connectivity index (χ0v) is 11.2. The summed E-state index contributed by atoms with van der Waals surface area (Å²) in [7, 11) is 0. The molecular weight excluding hydrogens is 268 g/mol. The minimum Gasteiger partial charge on any atom is -0.207 e. The molecule has 0 heterocycles. The molecule has 0 bridgehead atoms. The Balaban J connectivity index is 2.16. The predicted molar refractivity (Wildman–Crippen MR) is 71.6 cm³/mol. The Morgan fingerprint density at radius 2 is 1.65 bits per heavy atom. The second-order valence-corrected chi connectivity index (χ2v) is 5.43. The second kappa shape index (κ2) is 6.42. The van der Waals surface area contributed by atoms with E-state index in [0.29, 0.717) is 5.56 Å². The van der Waals surface area contributed by atoms with Crippen molar-refractivity contribution in [2.45, 2.75) is 44.7 Å². The number of allylic oxidation sites excluding steroid dienone is 1. The van der Waals surface area contributed by atoms with Crippen molar-refractivity contribution in [3.8, 4) is 0 Å². The zero-order valence-electron chi connectivity index (χ0n) is 11.2. The van der Waals surface area contributed by atoms with Gasteiger partial charge in [0, 0.05) is 5.57 Å². The predicted octanol–water partition coefficient (Wildman–Crippen LogP) is 5.74. The minimum absolute atomic E-state index is 0.0703. The molecular formula is C16H18F4. The highest BCUT2D eigenvalue weighted by molar-refractivity contribution is 5.54. The molecule has 0 aromatic heterocycles. The van der Waals surface area contributed by atoms with Crippen LogP contribution in [0, 0.1) is 11.7 Å². The summed E-state index contributed by atoms with van der Waals surface area (Å²) in [5.74, 6) is -0.319. The summed E-state index contributed by atoms with van der Waals surface area (Å²) in [5.41, 5.74) is -0.106. The Labute approximate surface area is 116 Å². The molecule has 0 unspecified atom stereocenters. The van der Waals surface area contributed by atoms with E-state index in [1.165, 1.54) is 24.3 Å². The third-order valence-electron chi connectivity index (χ3n) is 3.81. The van der Waals surface area contributed by atoms with Crippen LogP contribution in [0.2, 0.25) is 0 Å². The lowest BCUT2D eigenvalue weighted by molar-refractivity contribution is -0.0946. The number of hydrogen-bond acceptors (Lipinski definition) is 0. The Kier molecular flexibility index (Phi) is 4.84. The van der Waals surface area contributed by atoms with Crippen LogP contribution in [0.15, 0.2) is 29.8 Å². The molecule has 0 atom stereocenters. The van der Waals surface area contributed by atoms with E-state index in [-0.39, 0.29) is 12.3 Å². The minimum atomic E-state index is -4.31. The van der Waals surface area contributed by atoms with Gasteiger partial charge in [-0.05, 0) is 36.1 Å². The van der Waals surface area contributed by atoms with Crippen molar-refractivity contribution in [1.29, 1.82) is 0 Å². The largest absolute Gasteiger partial charge is 0.412 e. The third kappa shape index (κ3) is 4.36. The van der Waals surface area contributed by atoms with Gasteiger partial charge in [-0.15, -0.1) is 0 Å². The van der Waals surface area contributed by atoms with Gasteiger partial charge in [-0.3, -0.25) is 0 Å². The van der Waals surface area contributed by atoms with Gasteiger partial charge in [-0.25, -0.2) is 4.39 Å². The molecule has 0 nitrogen and oxygen atoms in total. The van der Waals surface area contributed by atoms with Gasteiger partial charge in [0.1, 0.15) is 5.82 Å². The summed E-state index contributed by atoms with van der Waals surface area (Å²) in [6.45, 7) is 0. The fourth-order valence-corrected chi connectivity index (χ4v) is 2.72. The van der Waals surface area contributed by atoms with Crippen LogP contribution in [0.5, 0.6) is 0 Å². The van der Waals surface area contributed by atoms with Crippen molar-refractivity contribution in [2.75, 3.05) is 0 Å². The normalized spacial score (nSPS) is 18.3. The van der Waals surface area contributed by atoms with Crippen LogP contribution in [0.3, 0.4) is 0 Å². The highest BCUT2D eigenvalue weighted by Crippen LogP contribution is 2.37. The highest BCUT2D eigenvalue weighted by Gasteiger charge is 2.34. The maximum atomic E-state index is 13.1. The van der Waals surface area contributed by atoms with E-state index in [9.17, 15) is 17.6 Å². The molecule has 0 amide bonds. The molecule has 0 aliphatic heterocycles. The van der Waals surface area contributed by atoms with Crippen molar-refractivity contribution >= 4 is 6.08 Å². The molecule has 1 aliphatic carbocycles. The van der Waals surface area contributed by atoms with Crippen LogP contribution in [-0.2, 0) is 0 Å². The monoisotopic (exact) mass is 286 g/mol. The molecule has 0 radical (unpaired) electrons. The number of benzene rings is 1. The average molecular weight is 286 g/mol. The van der Waals surface area contributed by atoms with E-state index < -0.39 is 17.6 Å². The van der Waals surface area contributed by atoms with Crippen molar-refractivity contribution in [3.05, 3.63) is 41.2 Å². The number of rotatable bonds is 3. The topological polar surface area (TPSA) is 0 Å². The third-order valence-corrected chi connectivity index (χ3v) is 3.81. The van der Waals surface area contributed by atoms with E-state index in [1.54, 1.807) is 0 Å². The zero-order chi connectivity index (χ0) is 14.6. The maximum absolute atomic E-state index is 13.1. The SMILES string of the molecule is Fc1ccc(C=C(CC2CCCCC2)C(F)(F)F)cc1. The Bertz CT molecular complexity index is 450. The van der Waals surface area contributed by atoms with E-state index in [1.807, 2.05) is 0 Å². The molecule has 2 rings (SSSR count). The van der Waals surface area contributed by atoms with E-state index in [2.05, 4.69) is 0 Å². The van der Waals surface area contributed by atoms with Crippen LogP contribution in [0.1, 0.15) is 44.1 Å². The molecule has 1 aromatic carbocycles. The average Bonchev–Trinajstić information content (AvgIpc) is 2.40. The molecule has 1 saturated carbocycles. The second-order valence-electron chi connectivity index (χ2n) is 5.43. The van der Waals surface area contributed by atoms with E-state index in [0.717, 1.165) is 38.2 Å². The van der Waals surface area contributed by atoms with Gasteiger partial charge in [0.25, 0.3) is 0 Å². The lowest BCUT2D eigenvalue weighted by atomic mass is 9.84. The molecule has 4 heteroatoms. The number of hydrogen-bond donors (Lipinski definition) is 0. The van der Waals surface area contributed by atoms with Gasteiger partial charge in [-0.1, -0.05) is 44.2 Å². The van der Waals surface area contributed by atoms with Crippen LogP contribution < -0.4 is 0 Å². The van der Waals surface area contributed by atoms with Gasteiger partial charge in [0.15, 0.2) is 0 Å². The van der Waals surface area contributed by atoms with Crippen LogP contribution in [-0.4, -0.2) is 6.18 Å². The summed E-state index contributed by atoms with van der Waals surface area (Å²) in [6, 6.07) is 5.12. The number of alkyl halides is 3. The van der Waals surface area contributed by atoms with Crippen molar-refractivity contribution in [2.24, 2.45) is 5.92 Å². The van der Waals surface area contributed by atoms with Crippen molar-refractivity contribution < 1.29 is 17.6 Å². The summed E-state index contributed by atoms with van der Waals surface area (Å²) >= 11 is 0.